The van der Waals surface area contributed by atoms with Gasteiger partial charge in [0.15, 0.2) is 0 Å². The molecular weight excluding hydrogens is 381 g/mol. The molecule has 0 radical (unpaired) electrons. The maximum Gasteiger partial charge on any atom is 0.417 e. The van der Waals surface area contributed by atoms with E-state index in [0.29, 0.717) is 11.6 Å². The molecule has 5 nitrogen and oxygen atoms in total. The summed E-state index contributed by atoms with van der Waals surface area (Å²) in [6, 6.07) is 7.62. The molecule has 0 aliphatic heterocycles. The van der Waals surface area contributed by atoms with Crippen molar-refractivity contribution in [2.24, 2.45) is 7.05 Å². The van der Waals surface area contributed by atoms with Crippen molar-refractivity contribution in [3.63, 3.8) is 0 Å². The van der Waals surface area contributed by atoms with Gasteiger partial charge < -0.3 is 14.6 Å². The molecule has 3 aromatic rings. The van der Waals surface area contributed by atoms with Crippen molar-refractivity contribution in [1.82, 2.24) is 14.5 Å². The summed E-state index contributed by atoms with van der Waals surface area (Å²) in [5, 5.41) is 2.96. The van der Waals surface area contributed by atoms with Gasteiger partial charge in [-0.3, -0.25) is 0 Å². The van der Waals surface area contributed by atoms with Crippen LogP contribution < -0.4 is 10.1 Å². The highest BCUT2D eigenvalue weighted by molar-refractivity contribution is 6.33. The van der Waals surface area contributed by atoms with Gasteiger partial charge in [-0.25, -0.2) is 9.97 Å². The van der Waals surface area contributed by atoms with Crippen molar-refractivity contribution in [2.75, 3.05) is 12.4 Å². The van der Waals surface area contributed by atoms with Crippen LogP contribution in [0.3, 0.4) is 0 Å². The molecule has 0 unspecified atom stereocenters. The third-order valence-corrected chi connectivity index (χ3v) is 4.30. The predicted molar refractivity (Wildman–Crippen MR) is 95.9 cm³/mol. The van der Waals surface area contributed by atoms with Gasteiger partial charge in [-0.1, -0.05) is 23.7 Å². The van der Waals surface area contributed by atoms with Gasteiger partial charge in [-0.2, -0.15) is 13.2 Å². The number of methoxy groups -OCH3 is 1. The lowest BCUT2D eigenvalue weighted by molar-refractivity contribution is -0.137. The van der Waals surface area contributed by atoms with Gasteiger partial charge in [0.25, 0.3) is 0 Å². The van der Waals surface area contributed by atoms with Crippen molar-refractivity contribution in [3.05, 3.63) is 70.9 Å². The summed E-state index contributed by atoms with van der Waals surface area (Å²) in [6.07, 6.45) is -0.355. The van der Waals surface area contributed by atoms with E-state index in [0.717, 1.165) is 17.8 Å². The van der Waals surface area contributed by atoms with E-state index in [1.54, 1.807) is 36.2 Å². The fourth-order valence-electron chi connectivity index (χ4n) is 2.58. The number of nitrogens with zero attached hydrogens (tertiary/aromatic N) is 3. The molecule has 1 N–H and O–H groups in total. The monoisotopic (exact) mass is 396 g/mol. The number of rotatable bonds is 5. The summed E-state index contributed by atoms with van der Waals surface area (Å²) >= 11 is 6.04. The van der Waals surface area contributed by atoms with Gasteiger partial charge in [-0.05, 0) is 23.8 Å². The molecule has 2 heterocycles. The molecule has 9 heteroatoms. The smallest absolute Gasteiger partial charge is 0.417 e. The van der Waals surface area contributed by atoms with E-state index >= 15 is 0 Å². The van der Waals surface area contributed by atoms with Crippen LogP contribution in [0.4, 0.5) is 19.0 Å². The number of anilines is 1. The number of imidazole rings is 1. The second kappa shape index (κ2) is 7.48. The van der Waals surface area contributed by atoms with Crippen molar-refractivity contribution in [1.29, 1.82) is 0 Å². The molecular formula is C18H16ClF3N4O. The summed E-state index contributed by atoms with van der Waals surface area (Å²) in [6.45, 7) is 0. The van der Waals surface area contributed by atoms with Crippen LogP contribution in [0.15, 0.2) is 48.9 Å². The maximum absolute atomic E-state index is 12.8. The van der Waals surface area contributed by atoms with Gasteiger partial charge in [-0.15, -0.1) is 0 Å². The van der Waals surface area contributed by atoms with E-state index < -0.39 is 17.8 Å². The molecule has 27 heavy (non-hydrogen) atoms. The Morgan fingerprint density at radius 1 is 1.19 bits per heavy atom. The Morgan fingerprint density at radius 3 is 2.41 bits per heavy atom. The van der Waals surface area contributed by atoms with Crippen LogP contribution in [-0.2, 0) is 13.2 Å². The lowest BCUT2D eigenvalue weighted by Gasteiger charge is -2.21. The third-order valence-electron chi connectivity index (χ3n) is 4.02. The molecule has 142 valence electrons. The van der Waals surface area contributed by atoms with E-state index in [4.69, 9.17) is 16.3 Å². The molecule has 0 spiro atoms. The molecule has 0 bridgehead atoms. The Labute approximate surface area is 158 Å². The zero-order valence-electron chi connectivity index (χ0n) is 14.5. The van der Waals surface area contributed by atoms with E-state index in [9.17, 15) is 13.2 Å². The highest BCUT2D eigenvalue weighted by Crippen LogP contribution is 2.34. The second-order valence-corrected chi connectivity index (χ2v) is 6.21. The number of ether oxygens (including phenoxy) is 1. The summed E-state index contributed by atoms with van der Waals surface area (Å²) in [4.78, 5) is 8.19. The average molecular weight is 397 g/mol. The number of benzene rings is 1. The van der Waals surface area contributed by atoms with Crippen LogP contribution in [0, 0.1) is 0 Å². The molecule has 1 aromatic carbocycles. The van der Waals surface area contributed by atoms with Crippen molar-refractivity contribution >= 4 is 17.4 Å². The molecule has 0 saturated heterocycles. The Kier molecular flexibility index (Phi) is 5.27. The molecule has 3 rings (SSSR count). The summed E-state index contributed by atoms with van der Waals surface area (Å²) in [7, 11) is 3.39. The number of aryl methyl sites for hydroxylation is 1. The number of alkyl halides is 3. The van der Waals surface area contributed by atoms with Crippen LogP contribution in [-0.4, -0.2) is 21.6 Å². The van der Waals surface area contributed by atoms with Crippen molar-refractivity contribution in [2.45, 2.75) is 12.2 Å². The number of nitrogens with one attached hydrogen (secondary N) is 1. The highest BCUT2D eigenvalue weighted by Gasteiger charge is 2.32. The van der Waals surface area contributed by atoms with E-state index in [1.165, 1.54) is 0 Å². The topological polar surface area (TPSA) is 52.0 Å². The molecule has 0 amide bonds. The lowest BCUT2D eigenvalue weighted by atomic mass is 10.1. The standard InChI is InChI=1S/C18H16ClF3N4O/c1-26-8-7-23-17(26)15(11-3-5-13(27-2)6-4-11)25-16-14(19)9-12(10-24-16)18(20,21)22/h3-10,15H,1-2H3,(H,24,25)/t15-/m0/s1. The van der Waals surface area contributed by atoms with Gasteiger partial charge in [0.2, 0.25) is 0 Å². The minimum absolute atomic E-state index is 0.127. The fraction of sp³-hybridized carbons (Fsp3) is 0.222. The van der Waals surface area contributed by atoms with Crippen LogP contribution in [0.1, 0.15) is 23.0 Å². The number of aromatic nitrogens is 3. The van der Waals surface area contributed by atoms with Crippen LogP contribution >= 0.6 is 11.6 Å². The Balaban J connectivity index is 1.98. The second-order valence-electron chi connectivity index (χ2n) is 5.80. The number of pyridine rings is 1. The molecule has 0 saturated carbocycles. The lowest BCUT2D eigenvalue weighted by Crippen LogP contribution is -2.18. The first kappa shape index (κ1) is 19.0. The van der Waals surface area contributed by atoms with Crippen molar-refractivity contribution < 1.29 is 17.9 Å². The SMILES string of the molecule is COc1ccc([C@H](Nc2ncc(C(F)(F)F)cc2Cl)c2nccn2C)cc1. The predicted octanol–water partition coefficient (Wildman–Crippen LogP) is 4.70. The van der Waals surface area contributed by atoms with Gasteiger partial charge in [0.05, 0.1) is 17.7 Å². The highest BCUT2D eigenvalue weighted by atomic mass is 35.5. The fourth-order valence-corrected chi connectivity index (χ4v) is 2.81. The zero-order valence-corrected chi connectivity index (χ0v) is 15.2. The van der Waals surface area contributed by atoms with Crippen LogP contribution in [0.2, 0.25) is 5.02 Å². The van der Waals surface area contributed by atoms with Crippen molar-refractivity contribution in [3.8, 4) is 5.75 Å². The summed E-state index contributed by atoms with van der Waals surface area (Å²) in [5.74, 6) is 1.47. The van der Waals surface area contributed by atoms with Gasteiger partial charge >= 0.3 is 6.18 Å². The maximum atomic E-state index is 12.8. The molecule has 0 aliphatic rings. The first-order valence-corrected chi connectivity index (χ1v) is 8.28. The average Bonchev–Trinajstić information content (AvgIpc) is 3.06. The third kappa shape index (κ3) is 4.16. The van der Waals surface area contributed by atoms with E-state index in [2.05, 4.69) is 15.3 Å². The first-order chi connectivity index (χ1) is 12.8. The van der Waals surface area contributed by atoms with E-state index in [1.807, 2.05) is 19.2 Å². The van der Waals surface area contributed by atoms with Gasteiger partial charge in [0.1, 0.15) is 23.4 Å². The van der Waals surface area contributed by atoms with E-state index in [-0.39, 0.29) is 10.8 Å². The molecule has 2 aromatic heterocycles. The number of halogens is 4. The quantitative estimate of drug-likeness (QED) is 0.679. The normalized spacial score (nSPS) is 12.7. The first-order valence-electron chi connectivity index (χ1n) is 7.90. The Morgan fingerprint density at radius 2 is 1.89 bits per heavy atom. The Bertz CT molecular complexity index is 925. The number of hydrogen-bond acceptors (Lipinski definition) is 4. The molecule has 0 aliphatic carbocycles. The molecule has 1 atom stereocenters. The zero-order chi connectivity index (χ0) is 19.6. The minimum Gasteiger partial charge on any atom is -0.497 e. The summed E-state index contributed by atoms with van der Waals surface area (Å²) in [5.41, 5.74) is -0.0843. The molecule has 0 fully saturated rings. The van der Waals surface area contributed by atoms with Crippen LogP contribution in [0.25, 0.3) is 0 Å². The largest absolute Gasteiger partial charge is 0.497 e. The Hall–Kier alpha value is -2.74. The summed E-state index contributed by atoms with van der Waals surface area (Å²) < 4.78 is 45.5. The van der Waals surface area contributed by atoms with Crippen LogP contribution in [0.5, 0.6) is 5.75 Å². The minimum atomic E-state index is -4.51. The van der Waals surface area contributed by atoms with Gasteiger partial charge in [0, 0.05) is 25.6 Å². The number of hydrogen-bond donors (Lipinski definition) is 1.